The van der Waals surface area contributed by atoms with E-state index in [4.69, 9.17) is 18.0 Å². The van der Waals surface area contributed by atoms with Gasteiger partial charge >= 0.3 is 6.03 Å². The Balaban J connectivity index is 3.00. The van der Waals surface area contributed by atoms with E-state index >= 15 is 0 Å². The van der Waals surface area contributed by atoms with Crippen molar-refractivity contribution < 1.29 is 4.79 Å². The lowest BCUT2D eigenvalue weighted by Gasteiger charge is -2.17. The van der Waals surface area contributed by atoms with Gasteiger partial charge in [0.2, 0.25) is 0 Å². The standard InChI is InChI=1S/C11H14BrN3OS/c1-3-15(2)11(16)14-9-6-7(12)4-5-8(9)10(13)17/h4-6H,3H2,1-2H3,(H2,13,17)(H,14,16). The van der Waals surface area contributed by atoms with Gasteiger partial charge in [-0.15, -0.1) is 0 Å². The lowest BCUT2D eigenvalue weighted by Crippen LogP contribution is -2.31. The summed E-state index contributed by atoms with van der Waals surface area (Å²) < 4.78 is 0.854. The summed E-state index contributed by atoms with van der Waals surface area (Å²) in [5.41, 5.74) is 6.86. The molecule has 0 bridgehead atoms. The van der Waals surface area contributed by atoms with E-state index in [9.17, 15) is 4.79 Å². The fourth-order valence-electron chi connectivity index (χ4n) is 1.19. The van der Waals surface area contributed by atoms with Crippen molar-refractivity contribution in [2.75, 3.05) is 18.9 Å². The van der Waals surface area contributed by atoms with Gasteiger partial charge in [0.15, 0.2) is 0 Å². The van der Waals surface area contributed by atoms with Gasteiger partial charge in [0.25, 0.3) is 0 Å². The Hall–Kier alpha value is -1.14. The first-order chi connectivity index (χ1) is 7.95. The second kappa shape index (κ2) is 5.97. The van der Waals surface area contributed by atoms with Crippen LogP contribution >= 0.6 is 28.1 Å². The molecule has 0 aliphatic rings. The molecule has 0 aliphatic heterocycles. The topological polar surface area (TPSA) is 58.4 Å². The number of amides is 2. The minimum Gasteiger partial charge on any atom is -0.389 e. The molecule has 0 saturated heterocycles. The van der Waals surface area contributed by atoms with Crippen LogP contribution in [0.3, 0.4) is 0 Å². The summed E-state index contributed by atoms with van der Waals surface area (Å²) in [5, 5.41) is 2.77. The second-order valence-electron chi connectivity index (χ2n) is 3.50. The van der Waals surface area contributed by atoms with Crippen LogP contribution in [0.5, 0.6) is 0 Å². The van der Waals surface area contributed by atoms with Crippen molar-refractivity contribution in [2.45, 2.75) is 6.92 Å². The molecule has 3 N–H and O–H groups in total. The van der Waals surface area contributed by atoms with Crippen molar-refractivity contribution in [3.8, 4) is 0 Å². The zero-order valence-electron chi connectivity index (χ0n) is 9.66. The average molecular weight is 316 g/mol. The first kappa shape index (κ1) is 13.9. The number of rotatable bonds is 3. The fraction of sp³-hybridized carbons (Fsp3) is 0.273. The van der Waals surface area contributed by atoms with E-state index in [0.29, 0.717) is 17.8 Å². The van der Waals surface area contributed by atoms with E-state index in [1.807, 2.05) is 13.0 Å². The van der Waals surface area contributed by atoms with Gasteiger partial charge in [0.1, 0.15) is 4.99 Å². The quantitative estimate of drug-likeness (QED) is 0.843. The highest BCUT2D eigenvalue weighted by Crippen LogP contribution is 2.21. The van der Waals surface area contributed by atoms with Gasteiger partial charge < -0.3 is 16.0 Å². The van der Waals surface area contributed by atoms with Crippen LogP contribution in [0.4, 0.5) is 10.5 Å². The number of hydrogen-bond acceptors (Lipinski definition) is 2. The molecular formula is C11H14BrN3OS. The van der Waals surface area contributed by atoms with E-state index < -0.39 is 0 Å². The van der Waals surface area contributed by atoms with Gasteiger partial charge in [-0.2, -0.15) is 0 Å². The van der Waals surface area contributed by atoms with Crippen LogP contribution in [0.1, 0.15) is 12.5 Å². The van der Waals surface area contributed by atoms with Gasteiger partial charge in [-0.25, -0.2) is 4.79 Å². The van der Waals surface area contributed by atoms with E-state index in [-0.39, 0.29) is 11.0 Å². The molecule has 6 heteroatoms. The van der Waals surface area contributed by atoms with Crippen LogP contribution in [0.15, 0.2) is 22.7 Å². The van der Waals surface area contributed by atoms with Crippen LogP contribution in [-0.2, 0) is 0 Å². The summed E-state index contributed by atoms with van der Waals surface area (Å²) in [7, 11) is 1.72. The summed E-state index contributed by atoms with van der Waals surface area (Å²) in [6.45, 7) is 2.53. The van der Waals surface area contributed by atoms with Crippen LogP contribution in [0.2, 0.25) is 0 Å². The summed E-state index contributed by atoms with van der Waals surface area (Å²) >= 11 is 8.28. The third kappa shape index (κ3) is 3.67. The number of thiocarbonyl (C=S) groups is 1. The van der Waals surface area contributed by atoms with E-state index in [2.05, 4.69) is 21.2 Å². The Labute approximate surface area is 114 Å². The van der Waals surface area contributed by atoms with E-state index in [0.717, 1.165) is 4.47 Å². The molecule has 1 aromatic rings. The van der Waals surface area contributed by atoms with Gasteiger partial charge in [-0.05, 0) is 25.1 Å². The highest BCUT2D eigenvalue weighted by atomic mass is 79.9. The molecule has 0 spiro atoms. The average Bonchev–Trinajstić information content (AvgIpc) is 2.27. The molecule has 0 unspecified atom stereocenters. The Kier molecular flexibility index (Phi) is 4.89. The molecule has 0 saturated carbocycles. The summed E-state index contributed by atoms with van der Waals surface area (Å²) in [4.78, 5) is 13.6. The number of anilines is 1. The Morgan fingerprint density at radius 2 is 2.24 bits per heavy atom. The maximum atomic E-state index is 11.7. The first-order valence-electron chi connectivity index (χ1n) is 5.07. The number of nitrogens with two attached hydrogens (primary N) is 1. The van der Waals surface area contributed by atoms with Crippen molar-refractivity contribution in [1.29, 1.82) is 0 Å². The largest absolute Gasteiger partial charge is 0.389 e. The van der Waals surface area contributed by atoms with Crippen molar-refractivity contribution in [3.05, 3.63) is 28.2 Å². The molecule has 1 aromatic carbocycles. The monoisotopic (exact) mass is 315 g/mol. The Morgan fingerprint density at radius 1 is 1.59 bits per heavy atom. The van der Waals surface area contributed by atoms with Crippen molar-refractivity contribution in [1.82, 2.24) is 4.90 Å². The zero-order chi connectivity index (χ0) is 13.0. The summed E-state index contributed by atoms with van der Waals surface area (Å²) in [6.07, 6.45) is 0. The third-order valence-electron chi connectivity index (χ3n) is 2.31. The highest BCUT2D eigenvalue weighted by Gasteiger charge is 2.11. The molecule has 0 aliphatic carbocycles. The van der Waals surface area contributed by atoms with Crippen LogP contribution in [0, 0.1) is 0 Å². The van der Waals surface area contributed by atoms with Gasteiger partial charge in [-0.3, -0.25) is 0 Å². The molecule has 0 heterocycles. The molecule has 0 atom stereocenters. The van der Waals surface area contributed by atoms with Crippen LogP contribution < -0.4 is 11.1 Å². The number of nitrogens with zero attached hydrogens (tertiary/aromatic N) is 1. The number of carbonyl (C=O) groups is 1. The summed E-state index contributed by atoms with van der Waals surface area (Å²) in [6, 6.07) is 5.18. The minimum atomic E-state index is -0.192. The minimum absolute atomic E-state index is 0.192. The predicted molar refractivity (Wildman–Crippen MR) is 77.4 cm³/mol. The lowest BCUT2D eigenvalue weighted by molar-refractivity contribution is 0.224. The molecule has 4 nitrogen and oxygen atoms in total. The number of urea groups is 1. The molecule has 0 fully saturated rings. The van der Waals surface area contributed by atoms with Gasteiger partial charge in [0.05, 0.1) is 5.69 Å². The third-order valence-corrected chi connectivity index (χ3v) is 3.02. The summed E-state index contributed by atoms with van der Waals surface area (Å²) in [5.74, 6) is 0. The Bertz CT molecular complexity index is 450. The maximum Gasteiger partial charge on any atom is 0.321 e. The number of hydrogen-bond donors (Lipinski definition) is 2. The molecular weight excluding hydrogens is 302 g/mol. The van der Waals surface area contributed by atoms with Crippen molar-refractivity contribution in [3.63, 3.8) is 0 Å². The van der Waals surface area contributed by atoms with E-state index in [1.54, 1.807) is 24.1 Å². The van der Waals surface area contributed by atoms with Crippen molar-refractivity contribution >= 4 is 44.9 Å². The smallest absolute Gasteiger partial charge is 0.321 e. The molecule has 2 amide bonds. The zero-order valence-corrected chi connectivity index (χ0v) is 12.1. The number of benzene rings is 1. The fourth-order valence-corrected chi connectivity index (χ4v) is 1.73. The van der Waals surface area contributed by atoms with E-state index in [1.165, 1.54) is 0 Å². The molecule has 1 rings (SSSR count). The Morgan fingerprint density at radius 3 is 2.76 bits per heavy atom. The normalized spacial score (nSPS) is 9.82. The SMILES string of the molecule is CCN(C)C(=O)Nc1cc(Br)ccc1C(N)=S. The van der Waals surface area contributed by atoms with Crippen LogP contribution in [-0.4, -0.2) is 29.5 Å². The lowest BCUT2D eigenvalue weighted by atomic mass is 10.2. The molecule has 92 valence electrons. The highest BCUT2D eigenvalue weighted by molar-refractivity contribution is 9.10. The number of halogens is 1. The van der Waals surface area contributed by atoms with Gasteiger partial charge in [0, 0.05) is 23.6 Å². The maximum absolute atomic E-state index is 11.7. The predicted octanol–water partition coefficient (Wildman–Crippen LogP) is 2.57. The molecule has 0 aromatic heterocycles. The van der Waals surface area contributed by atoms with Crippen molar-refractivity contribution in [2.24, 2.45) is 5.73 Å². The molecule has 0 radical (unpaired) electrons. The second-order valence-corrected chi connectivity index (χ2v) is 4.85. The van der Waals surface area contributed by atoms with Crippen LogP contribution in [0.25, 0.3) is 0 Å². The number of carbonyl (C=O) groups excluding carboxylic acids is 1. The number of nitrogens with one attached hydrogen (secondary N) is 1. The van der Waals surface area contributed by atoms with Gasteiger partial charge in [-0.1, -0.05) is 28.1 Å². The molecule has 17 heavy (non-hydrogen) atoms. The first-order valence-corrected chi connectivity index (χ1v) is 6.27.